The normalized spacial score (nSPS) is 23.3. The molecule has 24 heavy (non-hydrogen) atoms. The summed E-state index contributed by atoms with van der Waals surface area (Å²) in [4.78, 5) is 26.8. The minimum atomic E-state index is -0.453. The van der Waals surface area contributed by atoms with Crippen LogP contribution in [0.5, 0.6) is 0 Å². The van der Waals surface area contributed by atoms with Crippen molar-refractivity contribution in [2.24, 2.45) is 5.92 Å². The first-order valence-electron chi connectivity index (χ1n) is 8.94. The Labute approximate surface area is 143 Å². The third kappa shape index (κ3) is 3.55. The van der Waals surface area contributed by atoms with Crippen LogP contribution in [0, 0.1) is 5.92 Å². The minimum absolute atomic E-state index is 0.0538. The lowest BCUT2D eigenvalue weighted by Crippen LogP contribution is -2.50. The number of benzene rings is 1. The molecule has 0 spiro atoms. The lowest BCUT2D eigenvalue weighted by molar-refractivity contribution is -0.140. The number of nitrogens with zero attached hydrogens (tertiary/aromatic N) is 1. The molecule has 0 unspecified atom stereocenters. The molecule has 5 heteroatoms. The maximum Gasteiger partial charge on any atom is 0.340 e. The molecular weight excluding hydrogens is 304 g/mol. The van der Waals surface area contributed by atoms with Crippen molar-refractivity contribution in [3.63, 3.8) is 0 Å². The zero-order valence-corrected chi connectivity index (χ0v) is 14.3. The summed E-state index contributed by atoms with van der Waals surface area (Å²) in [5.74, 6) is 0.129. The van der Waals surface area contributed by atoms with Crippen LogP contribution in [0.15, 0.2) is 24.3 Å². The predicted molar refractivity (Wildman–Crippen MR) is 93.0 cm³/mol. The van der Waals surface area contributed by atoms with Crippen LogP contribution < -0.4 is 5.32 Å². The van der Waals surface area contributed by atoms with Gasteiger partial charge in [-0.1, -0.05) is 25.0 Å². The predicted octanol–water partition coefficient (Wildman–Crippen LogP) is 3.07. The molecule has 1 aliphatic heterocycles. The number of anilines is 1. The number of fused-ring (bicyclic) bond motifs is 1. The first kappa shape index (κ1) is 16.8. The van der Waals surface area contributed by atoms with Gasteiger partial charge in [-0.3, -0.25) is 4.79 Å². The number of piperidine rings is 1. The minimum Gasteiger partial charge on any atom is -0.452 e. The molecule has 1 heterocycles. The van der Waals surface area contributed by atoms with Crippen LogP contribution in [0.1, 0.15) is 48.9 Å². The highest BCUT2D eigenvalue weighted by Gasteiger charge is 2.35. The van der Waals surface area contributed by atoms with Crippen LogP contribution in [0.4, 0.5) is 5.69 Å². The summed E-state index contributed by atoms with van der Waals surface area (Å²) in [6.45, 7) is 0.630. The van der Waals surface area contributed by atoms with Gasteiger partial charge in [0.2, 0.25) is 0 Å². The number of amides is 1. The summed E-state index contributed by atoms with van der Waals surface area (Å²) in [6.07, 6.45) is 7.07. The van der Waals surface area contributed by atoms with Crippen molar-refractivity contribution in [3.05, 3.63) is 29.8 Å². The number of nitrogens with one attached hydrogen (secondary N) is 1. The molecule has 1 saturated carbocycles. The average molecular weight is 330 g/mol. The second kappa shape index (κ2) is 7.69. The van der Waals surface area contributed by atoms with Crippen LogP contribution >= 0.6 is 0 Å². The zero-order chi connectivity index (χ0) is 16.9. The number of esters is 1. The van der Waals surface area contributed by atoms with Gasteiger partial charge in [-0.25, -0.2) is 4.79 Å². The molecule has 0 bridgehead atoms. The van der Waals surface area contributed by atoms with E-state index in [-0.39, 0.29) is 12.5 Å². The Morgan fingerprint density at radius 1 is 1.17 bits per heavy atom. The number of carbonyl (C=O) groups is 2. The molecule has 0 radical (unpaired) electrons. The van der Waals surface area contributed by atoms with Gasteiger partial charge in [-0.15, -0.1) is 0 Å². The standard InChI is InChI=1S/C19H26N2O3/c1-20-16-10-4-3-9-15(16)19(23)24-13-18(22)21-12-6-8-14-7-2-5-11-17(14)21/h3-4,9-10,14,17,20H,2,5-8,11-13H2,1H3/t14-,17-/m1/s1. The third-order valence-electron chi connectivity index (χ3n) is 5.31. The maximum absolute atomic E-state index is 12.6. The first-order valence-corrected chi connectivity index (χ1v) is 8.94. The monoisotopic (exact) mass is 330 g/mol. The second-order valence-electron chi connectivity index (χ2n) is 6.71. The fraction of sp³-hybridized carbons (Fsp3) is 0.579. The molecule has 2 atom stereocenters. The van der Waals surface area contributed by atoms with Crippen molar-refractivity contribution in [2.75, 3.05) is 25.5 Å². The van der Waals surface area contributed by atoms with Crippen molar-refractivity contribution in [1.82, 2.24) is 4.90 Å². The van der Waals surface area contributed by atoms with Gasteiger partial charge in [0, 0.05) is 25.3 Å². The molecule has 1 aliphatic carbocycles. The van der Waals surface area contributed by atoms with E-state index in [2.05, 4.69) is 5.32 Å². The van der Waals surface area contributed by atoms with Crippen LogP contribution in [0.3, 0.4) is 0 Å². The van der Waals surface area contributed by atoms with E-state index in [0.717, 1.165) is 19.4 Å². The summed E-state index contributed by atoms with van der Waals surface area (Å²) < 4.78 is 5.30. The summed E-state index contributed by atoms with van der Waals surface area (Å²) in [5.41, 5.74) is 1.17. The SMILES string of the molecule is CNc1ccccc1C(=O)OCC(=O)N1CCC[C@H]2CCCC[C@H]21. The number of hydrogen-bond acceptors (Lipinski definition) is 4. The summed E-state index contributed by atoms with van der Waals surface area (Å²) in [7, 11) is 1.76. The molecule has 1 saturated heterocycles. The van der Waals surface area contributed by atoms with Gasteiger partial charge in [-0.05, 0) is 43.7 Å². The Hall–Kier alpha value is -2.04. The van der Waals surface area contributed by atoms with Crippen molar-refractivity contribution < 1.29 is 14.3 Å². The van der Waals surface area contributed by atoms with E-state index in [9.17, 15) is 9.59 Å². The number of rotatable bonds is 4. The summed E-state index contributed by atoms with van der Waals surface area (Å²) >= 11 is 0. The Balaban J connectivity index is 1.59. The molecule has 2 aliphatic rings. The highest BCUT2D eigenvalue weighted by Crippen LogP contribution is 2.35. The largest absolute Gasteiger partial charge is 0.452 e. The smallest absolute Gasteiger partial charge is 0.340 e. The van der Waals surface area contributed by atoms with E-state index in [0.29, 0.717) is 23.2 Å². The van der Waals surface area contributed by atoms with Gasteiger partial charge in [-0.2, -0.15) is 0 Å². The Bertz CT molecular complexity index is 600. The van der Waals surface area contributed by atoms with Gasteiger partial charge in [0.05, 0.1) is 5.56 Å². The lowest BCUT2D eigenvalue weighted by atomic mass is 9.78. The van der Waals surface area contributed by atoms with E-state index in [1.165, 1.54) is 25.7 Å². The molecule has 1 amide bonds. The number of carbonyl (C=O) groups excluding carboxylic acids is 2. The Morgan fingerprint density at radius 3 is 2.75 bits per heavy atom. The number of likely N-dealkylation sites (tertiary alicyclic amines) is 1. The van der Waals surface area contributed by atoms with E-state index in [1.54, 1.807) is 19.2 Å². The number of ether oxygens (including phenoxy) is 1. The second-order valence-corrected chi connectivity index (χ2v) is 6.71. The van der Waals surface area contributed by atoms with Crippen LogP contribution in [-0.2, 0) is 9.53 Å². The van der Waals surface area contributed by atoms with Gasteiger partial charge in [0.15, 0.2) is 6.61 Å². The van der Waals surface area contributed by atoms with E-state index >= 15 is 0 Å². The molecule has 1 N–H and O–H groups in total. The van der Waals surface area contributed by atoms with Crippen LogP contribution in [0.25, 0.3) is 0 Å². The molecular formula is C19H26N2O3. The van der Waals surface area contributed by atoms with Crippen LogP contribution in [0.2, 0.25) is 0 Å². The lowest BCUT2D eigenvalue weighted by Gasteiger charge is -2.44. The molecule has 1 aromatic carbocycles. The average Bonchev–Trinajstić information content (AvgIpc) is 2.65. The molecule has 3 rings (SSSR count). The third-order valence-corrected chi connectivity index (χ3v) is 5.31. The van der Waals surface area contributed by atoms with Crippen molar-refractivity contribution >= 4 is 17.6 Å². The highest BCUT2D eigenvalue weighted by molar-refractivity contribution is 5.96. The van der Waals surface area contributed by atoms with Crippen molar-refractivity contribution in [2.45, 2.75) is 44.6 Å². The summed E-state index contributed by atoms with van der Waals surface area (Å²) in [6, 6.07) is 7.51. The topological polar surface area (TPSA) is 58.6 Å². The van der Waals surface area contributed by atoms with E-state index in [4.69, 9.17) is 4.74 Å². The highest BCUT2D eigenvalue weighted by atomic mass is 16.5. The van der Waals surface area contributed by atoms with Crippen molar-refractivity contribution in [3.8, 4) is 0 Å². The van der Waals surface area contributed by atoms with Gasteiger partial charge in [0.1, 0.15) is 0 Å². The quantitative estimate of drug-likeness (QED) is 0.862. The van der Waals surface area contributed by atoms with Gasteiger partial charge < -0.3 is 15.0 Å². The molecule has 5 nitrogen and oxygen atoms in total. The fourth-order valence-corrected chi connectivity index (χ4v) is 4.10. The van der Waals surface area contributed by atoms with Gasteiger partial charge >= 0.3 is 5.97 Å². The fourth-order valence-electron chi connectivity index (χ4n) is 4.10. The Kier molecular flexibility index (Phi) is 5.38. The Morgan fingerprint density at radius 2 is 1.92 bits per heavy atom. The van der Waals surface area contributed by atoms with E-state index < -0.39 is 5.97 Å². The van der Waals surface area contributed by atoms with Crippen molar-refractivity contribution in [1.29, 1.82) is 0 Å². The molecule has 2 fully saturated rings. The summed E-state index contributed by atoms with van der Waals surface area (Å²) in [5, 5.41) is 2.97. The maximum atomic E-state index is 12.6. The first-order chi connectivity index (χ1) is 11.7. The molecule has 0 aromatic heterocycles. The molecule has 130 valence electrons. The van der Waals surface area contributed by atoms with Crippen LogP contribution in [-0.4, -0.2) is 43.0 Å². The molecule has 1 aromatic rings. The van der Waals surface area contributed by atoms with E-state index in [1.807, 2.05) is 17.0 Å². The number of hydrogen-bond donors (Lipinski definition) is 1. The zero-order valence-electron chi connectivity index (χ0n) is 14.3. The number of para-hydroxylation sites is 1. The van der Waals surface area contributed by atoms with Gasteiger partial charge in [0.25, 0.3) is 5.91 Å².